The van der Waals surface area contributed by atoms with Crippen molar-refractivity contribution in [3.8, 4) is 11.5 Å². The maximum absolute atomic E-state index is 13.3. The average Bonchev–Trinajstić information content (AvgIpc) is 2.77. The van der Waals surface area contributed by atoms with Crippen LogP contribution in [0.3, 0.4) is 0 Å². The lowest BCUT2D eigenvalue weighted by Crippen LogP contribution is -2.30. The zero-order chi connectivity index (χ0) is 22.0. The van der Waals surface area contributed by atoms with E-state index in [1.54, 1.807) is 24.3 Å². The number of methoxy groups -OCH3 is 1. The van der Waals surface area contributed by atoms with Crippen molar-refractivity contribution < 1.29 is 9.84 Å². The van der Waals surface area contributed by atoms with Gasteiger partial charge in [0.2, 0.25) is 0 Å². The molecule has 3 aromatic carbocycles. The highest BCUT2D eigenvalue weighted by atomic mass is 127. The number of nitrogens with one attached hydrogen (secondary N) is 1. The van der Waals surface area contributed by atoms with Crippen LogP contribution >= 0.6 is 22.6 Å². The lowest BCUT2D eigenvalue weighted by atomic mass is 10.2. The van der Waals surface area contributed by atoms with Crippen molar-refractivity contribution in [1.29, 1.82) is 0 Å². The van der Waals surface area contributed by atoms with E-state index in [9.17, 15) is 9.90 Å². The molecular formula is C24H20IN3O3. The number of ether oxygens (including phenoxy) is 1. The number of anilines is 1. The first-order valence-electron chi connectivity index (χ1n) is 9.56. The molecular weight excluding hydrogens is 505 g/mol. The van der Waals surface area contributed by atoms with Crippen LogP contribution in [0.2, 0.25) is 0 Å². The summed E-state index contributed by atoms with van der Waals surface area (Å²) in [6.07, 6.45) is 3.58. The van der Waals surface area contributed by atoms with Crippen molar-refractivity contribution in [2.24, 2.45) is 0 Å². The maximum atomic E-state index is 13.3. The minimum Gasteiger partial charge on any atom is -0.504 e. The lowest BCUT2D eigenvalue weighted by Gasteiger charge is -2.15. The number of fused-ring (bicyclic) bond motifs is 1. The van der Waals surface area contributed by atoms with Gasteiger partial charge >= 0.3 is 0 Å². The normalized spacial score (nSPS) is 11.2. The second kappa shape index (κ2) is 8.81. The Labute approximate surface area is 192 Å². The summed E-state index contributed by atoms with van der Waals surface area (Å²) in [5, 5.41) is 10.4. The molecule has 4 rings (SSSR count). The zero-order valence-electron chi connectivity index (χ0n) is 17.0. The molecule has 0 fully saturated rings. The van der Waals surface area contributed by atoms with Gasteiger partial charge in [0.25, 0.3) is 5.56 Å². The van der Waals surface area contributed by atoms with Crippen LogP contribution in [0, 0.1) is 10.5 Å². The van der Waals surface area contributed by atoms with E-state index in [-0.39, 0.29) is 11.3 Å². The van der Waals surface area contributed by atoms with E-state index >= 15 is 0 Å². The fraction of sp³-hybridized carbons (Fsp3) is 0.0833. The molecule has 0 aliphatic rings. The number of hydrogen-bond donors (Lipinski definition) is 2. The number of para-hydroxylation sites is 1. The van der Waals surface area contributed by atoms with E-state index in [4.69, 9.17) is 9.72 Å². The summed E-state index contributed by atoms with van der Waals surface area (Å²) in [5.74, 6) is 0.892. The van der Waals surface area contributed by atoms with Gasteiger partial charge < -0.3 is 9.84 Å². The van der Waals surface area contributed by atoms with Gasteiger partial charge in [-0.25, -0.2) is 9.66 Å². The molecule has 1 heterocycles. The average molecular weight is 525 g/mol. The van der Waals surface area contributed by atoms with Gasteiger partial charge in [-0.2, -0.15) is 0 Å². The number of phenols is 1. The lowest BCUT2D eigenvalue weighted by molar-refractivity contribution is 0.373. The first-order valence-corrected chi connectivity index (χ1v) is 10.6. The largest absolute Gasteiger partial charge is 0.504 e. The maximum Gasteiger partial charge on any atom is 0.280 e. The van der Waals surface area contributed by atoms with Crippen LogP contribution < -0.4 is 15.7 Å². The van der Waals surface area contributed by atoms with E-state index in [2.05, 4.69) is 28.0 Å². The standard InChI is InChI=1S/C24H20IN3O3/c1-15-5-3-4-6-19(15)27-28-23(12-8-16-7-11-21(29)22(13-16)31-2)26-20-10-9-17(25)14-18(20)24(28)30/h3-14,27,29H,1-2H3/b12-8+. The number of hydrogen-bond acceptors (Lipinski definition) is 5. The van der Waals surface area contributed by atoms with E-state index in [1.807, 2.05) is 55.5 Å². The molecule has 2 N–H and O–H groups in total. The Hall–Kier alpha value is -3.33. The highest BCUT2D eigenvalue weighted by Gasteiger charge is 2.11. The third-order valence-electron chi connectivity index (χ3n) is 4.86. The fourth-order valence-electron chi connectivity index (χ4n) is 3.18. The van der Waals surface area contributed by atoms with Crippen LogP contribution in [-0.2, 0) is 0 Å². The van der Waals surface area contributed by atoms with Crippen molar-refractivity contribution in [3.63, 3.8) is 0 Å². The molecule has 0 amide bonds. The summed E-state index contributed by atoms with van der Waals surface area (Å²) >= 11 is 2.18. The van der Waals surface area contributed by atoms with Gasteiger partial charge in [0, 0.05) is 3.57 Å². The number of nitrogens with zero attached hydrogens (tertiary/aromatic N) is 2. The molecule has 31 heavy (non-hydrogen) atoms. The summed E-state index contributed by atoms with van der Waals surface area (Å²) in [5.41, 5.74) is 6.27. The van der Waals surface area contributed by atoms with Crippen LogP contribution in [0.1, 0.15) is 17.0 Å². The van der Waals surface area contributed by atoms with Gasteiger partial charge in [0.15, 0.2) is 17.3 Å². The molecule has 0 bridgehead atoms. The predicted molar refractivity (Wildman–Crippen MR) is 133 cm³/mol. The summed E-state index contributed by atoms with van der Waals surface area (Å²) in [4.78, 5) is 18.1. The summed E-state index contributed by atoms with van der Waals surface area (Å²) in [6.45, 7) is 1.98. The molecule has 1 aromatic heterocycles. The topological polar surface area (TPSA) is 76.4 Å². The molecule has 0 aliphatic heterocycles. The summed E-state index contributed by atoms with van der Waals surface area (Å²) < 4.78 is 7.59. The van der Waals surface area contributed by atoms with Gasteiger partial charge in [0.1, 0.15) is 0 Å². The Balaban J connectivity index is 1.85. The van der Waals surface area contributed by atoms with Crippen LogP contribution in [0.4, 0.5) is 5.69 Å². The molecule has 0 saturated heterocycles. The number of aromatic nitrogens is 2. The van der Waals surface area contributed by atoms with Crippen LogP contribution in [-0.4, -0.2) is 21.9 Å². The molecule has 156 valence electrons. The second-order valence-corrected chi connectivity index (χ2v) is 8.21. The van der Waals surface area contributed by atoms with E-state index in [0.29, 0.717) is 22.5 Å². The van der Waals surface area contributed by atoms with Gasteiger partial charge in [-0.15, -0.1) is 0 Å². The summed E-state index contributed by atoms with van der Waals surface area (Å²) in [7, 11) is 1.50. The summed E-state index contributed by atoms with van der Waals surface area (Å²) in [6, 6.07) is 18.4. The molecule has 6 nitrogen and oxygen atoms in total. The molecule has 0 radical (unpaired) electrons. The molecule has 0 spiro atoms. The third-order valence-corrected chi connectivity index (χ3v) is 5.53. The number of halogens is 1. The van der Waals surface area contributed by atoms with E-state index in [0.717, 1.165) is 20.4 Å². The number of rotatable bonds is 5. The number of benzene rings is 3. The molecule has 0 aliphatic carbocycles. The van der Waals surface area contributed by atoms with Crippen LogP contribution in [0.25, 0.3) is 23.1 Å². The molecule has 4 aromatic rings. The van der Waals surface area contributed by atoms with Crippen molar-refractivity contribution >= 4 is 51.3 Å². The highest BCUT2D eigenvalue weighted by molar-refractivity contribution is 14.1. The smallest absolute Gasteiger partial charge is 0.280 e. The Kier molecular flexibility index (Phi) is 5.94. The number of aryl methyl sites for hydroxylation is 1. The predicted octanol–water partition coefficient (Wildman–Crippen LogP) is 5.07. The van der Waals surface area contributed by atoms with Crippen molar-refractivity contribution in [1.82, 2.24) is 9.66 Å². The SMILES string of the molecule is COc1cc(/C=C/c2nc3ccc(I)cc3c(=O)n2Nc2ccccc2C)ccc1O. The molecule has 0 atom stereocenters. The first kappa shape index (κ1) is 20.9. The Morgan fingerprint density at radius 3 is 2.68 bits per heavy atom. The third kappa shape index (κ3) is 4.41. The Bertz CT molecular complexity index is 1360. The van der Waals surface area contributed by atoms with Crippen molar-refractivity contribution in [2.45, 2.75) is 6.92 Å². The minimum atomic E-state index is -0.185. The molecule has 0 unspecified atom stereocenters. The van der Waals surface area contributed by atoms with E-state index < -0.39 is 0 Å². The quantitative estimate of drug-likeness (QED) is 0.356. The van der Waals surface area contributed by atoms with E-state index in [1.165, 1.54) is 11.8 Å². The second-order valence-electron chi connectivity index (χ2n) is 6.96. The number of aromatic hydroxyl groups is 1. The van der Waals surface area contributed by atoms with Gasteiger partial charge in [0.05, 0.1) is 23.7 Å². The monoisotopic (exact) mass is 525 g/mol. The molecule has 0 saturated carbocycles. The Morgan fingerprint density at radius 1 is 1.10 bits per heavy atom. The van der Waals surface area contributed by atoms with Crippen molar-refractivity contribution in [3.05, 3.63) is 91.5 Å². The Morgan fingerprint density at radius 2 is 1.90 bits per heavy atom. The van der Waals surface area contributed by atoms with Crippen LogP contribution in [0.15, 0.2) is 65.5 Å². The number of phenolic OH excluding ortho intramolecular Hbond substituents is 1. The fourth-order valence-corrected chi connectivity index (χ4v) is 3.67. The molecule has 7 heteroatoms. The van der Waals surface area contributed by atoms with Gasteiger partial charge in [-0.05, 0) is 83.1 Å². The van der Waals surface area contributed by atoms with Gasteiger partial charge in [-0.1, -0.05) is 30.3 Å². The van der Waals surface area contributed by atoms with Gasteiger partial charge in [-0.3, -0.25) is 10.2 Å². The minimum absolute atomic E-state index is 0.0659. The van der Waals surface area contributed by atoms with Crippen molar-refractivity contribution in [2.75, 3.05) is 12.5 Å². The first-order chi connectivity index (χ1) is 15.0. The highest BCUT2D eigenvalue weighted by Crippen LogP contribution is 2.27. The van der Waals surface area contributed by atoms with Crippen LogP contribution in [0.5, 0.6) is 11.5 Å². The zero-order valence-corrected chi connectivity index (χ0v) is 19.1.